The monoisotopic (exact) mass is 214 g/mol. The van der Waals surface area contributed by atoms with Gasteiger partial charge in [-0.25, -0.2) is 0 Å². The lowest BCUT2D eigenvalue weighted by molar-refractivity contribution is 0.667. The van der Waals surface area contributed by atoms with Crippen LogP contribution in [0.2, 0.25) is 0 Å². The van der Waals surface area contributed by atoms with E-state index >= 15 is 0 Å². The molecule has 0 radical (unpaired) electrons. The van der Waals surface area contributed by atoms with Gasteiger partial charge in [-0.3, -0.25) is 3.53 Å². The number of hydrogen-bond donors (Lipinski definition) is 2. The minimum absolute atomic E-state index is 0.335. The zero-order chi connectivity index (χ0) is 5.70. The van der Waals surface area contributed by atoms with E-state index in [-0.39, 0.29) is 0 Å². The highest BCUT2D eigenvalue weighted by Crippen LogP contribution is 1.82. The van der Waals surface area contributed by atoms with Crippen LogP contribution in [0.1, 0.15) is 13.3 Å². The Kier molecular flexibility index (Phi) is 5.25. The van der Waals surface area contributed by atoms with E-state index in [1.54, 1.807) is 0 Å². The standard InChI is InChI=1S/C4H11IN2/c1-4(6)2-3-7-5/h4,7H,2-3,6H2,1H3. The van der Waals surface area contributed by atoms with E-state index in [1.807, 2.05) is 6.92 Å². The first-order valence-corrected chi connectivity index (χ1v) is 3.44. The van der Waals surface area contributed by atoms with Gasteiger partial charge in [0, 0.05) is 35.5 Å². The van der Waals surface area contributed by atoms with Crippen LogP contribution in [-0.4, -0.2) is 12.6 Å². The average Bonchev–Trinajstić information content (AvgIpc) is 1.61. The van der Waals surface area contributed by atoms with Gasteiger partial charge in [-0.05, 0) is 13.3 Å². The molecule has 0 aromatic rings. The topological polar surface area (TPSA) is 38.0 Å². The lowest BCUT2D eigenvalue weighted by atomic mass is 10.3. The first kappa shape index (κ1) is 7.65. The fourth-order valence-corrected chi connectivity index (χ4v) is 0.594. The fourth-order valence-electron chi connectivity index (χ4n) is 0.282. The van der Waals surface area contributed by atoms with Crippen LogP contribution in [0.15, 0.2) is 0 Å². The van der Waals surface area contributed by atoms with Gasteiger partial charge in [-0.2, -0.15) is 0 Å². The third-order valence-electron chi connectivity index (χ3n) is 0.694. The SMILES string of the molecule is CC(N)CCNI. The third kappa shape index (κ3) is 6.65. The normalized spacial score (nSPS) is 14.1. The molecular weight excluding hydrogens is 203 g/mol. The lowest BCUT2D eigenvalue weighted by Gasteiger charge is -1.99. The molecule has 0 bridgehead atoms. The molecule has 1 atom stereocenters. The molecule has 0 aliphatic carbocycles. The minimum atomic E-state index is 0.335. The molecule has 0 saturated carbocycles. The number of hydrogen-bond acceptors (Lipinski definition) is 2. The molecule has 0 rings (SSSR count). The van der Waals surface area contributed by atoms with Gasteiger partial charge in [0.25, 0.3) is 0 Å². The molecule has 44 valence electrons. The van der Waals surface area contributed by atoms with Gasteiger partial charge >= 0.3 is 0 Å². The molecule has 1 unspecified atom stereocenters. The summed E-state index contributed by atoms with van der Waals surface area (Å²) in [5.41, 5.74) is 5.44. The van der Waals surface area contributed by atoms with E-state index in [0.717, 1.165) is 13.0 Å². The van der Waals surface area contributed by atoms with Gasteiger partial charge < -0.3 is 5.73 Å². The van der Waals surface area contributed by atoms with E-state index in [2.05, 4.69) is 26.4 Å². The van der Waals surface area contributed by atoms with Gasteiger partial charge in [0.1, 0.15) is 0 Å². The van der Waals surface area contributed by atoms with Crippen LogP contribution >= 0.6 is 22.9 Å². The predicted octanol–water partition coefficient (Wildman–Crippen LogP) is 0.663. The van der Waals surface area contributed by atoms with E-state index in [1.165, 1.54) is 0 Å². The van der Waals surface area contributed by atoms with Gasteiger partial charge in [-0.15, -0.1) is 0 Å². The van der Waals surface area contributed by atoms with Crippen molar-refractivity contribution < 1.29 is 0 Å². The molecular formula is C4H11IN2. The van der Waals surface area contributed by atoms with Gasteiger partial charge in [0.15, 0.2) is 0 Å². The van der Waals surface area contributed by atoms with Crippen molar-refractivity contribution in [2.24, 2.45) is 5.73 Å². The third-order valence-corrected chi connectivity index (χ3v) is 1.23. The average molecular weight is 214 g/mol. The largest absolute Gasteiger partial charge is 0.328 e. The van der Waals surface area contributed by atoms with Crippen molar-refractivity contribution in [1.29, 1.82) is 0 Å². The molecule has 0 saturated heterocycles. The summed E-state index contributed by atoms with van der Waals surface area (Å²) in [5, 5.41) is 0. The predicted molar refractivity (Wildman–Crippen MR) is 40.3 cm³/mol. The summed E-state index contributed by atoms with van der Waals surface area (Å²) < 4.78 is 2.99. The summed E-state index contributed by atoms with van der Waals surface area (Å²) in [6, 6.07) is 0.335. The molecule has 2 nitrogen and oxygen atoms in total. The summed E-state index contributed by atoms with van der Waals surface area (Å²) in [5.74, 6) is 0. The van der Waals surface area contributed by atoms with Crippen LogP contribution in [0.3, 0.4) is 0 Å². The maximum absolute atomic E-state index is 5.44. The van der Waals surface area contributed by atoms with E-state index in [9.17, 15) is 0 Å². The van der Waals surface area contributed by atoms with Crippen molar-refractivity contribution in [3.05, 3.63) is 0 Å². The molecule has 3 heteroatoms. The number of nitrogens with one attached hydrogen (secondary N) is 1. The zero-order valence-electron chi connectivity index (χ0n) is 4.45. The highest BCUT2D eigenvalue weighted by Gasteiger charge is 1.88. The van der Waals surface area contributed by atoms with Crippen LogP contribution < -0.4 is 9.26 Å². The van der Waals surface area contributed by atoms with Crippen molar-refractivity contribution >= 4 is 22.9 Å². The van der Waals surface area contributed by atoms with Crippen LogP contribution in [0.4, 0.5) is 0 Å². The van der Waals surface area contributed by atoms with Crippen molar-refractivity contribution in [2.45, 2.75) is 19.4 Å². The number of nitrogens with two attached hydrogens (primary N) is 1. The van der Waals surface area contributed by atoms with Crippen molar-refractivity contribution in [1.82, 2.24) is 3.53 Å². The minimum Gasteiger partial charge on any atom is -0.328 e. The Balaban J connectivity index is 2.68. The van der Waals surface area contributed by atoms with Crippen LogP contribution in [0, 0.1) is 0 Å². The summed E-state index contributed by atoms with van der Waals surface area (Å²) >= 11 is 2.12. The molecule has 0 aromatic carbocycles. The summed E-state index contributed by atoms with van der Waals surface area (Å²) in [6.07, 6.45) is 1.06. The Bertz CT molecular complexity index is 38.7. The lowest BCUT2D eigenvalue weighted by Crippen LogP contribution is -2.19. The zero-order valence-corrected chi connectivity index (χ0v) is 6.60. The second-order valence-corrected chi connectivity index (χ2v) is 2.41. The molecule has 0 aromatic heterocycles. The first-order valence-electron chi connectivity index (χ1n) is 2.36. The second-order valence-electron chi connectivity index (χ2n) is 1.65. The first-order chi connectivity index (χ1) is 3.27. The number of halogens is 1. The molecule has 3 N–H and O–H groups in total. The summed E-state index contributed by atoms with van der Waals surface area (Å²) in [4.78, 5) is 0. The molecule has 0 fully saturated rings. The quantitative estimate of drug-likeness (QED) is 0.535. The molecule has 0 aliphatic rings. The smallest absolute Gasteiger partial charge is 0.0169 e. The highest BCUT2D eigenvalue weighted by molar-refractivity contribution is 14.1. The van der Waals surface area contributed by atoms with E-state index < -0.39 is 0 Å². The Hall–Kier alpha value is 0.650. The van der Waals surface area contributed by atoms with Gasteiger partial charge in [0.2, 0.25) is 0 Å². The van der Waals surface area contributed by atoms with Crippen molar-refractivity contribution in [3.63, 3.8) is 0 Å². The molecule has 7 heavy (non-hydrogen) atoms. The Labute approximate surface area is 58.3 Å². The molecule has 0 amide bonds. The van der Waals surface area contributed by atoms with Crippen LogP contribution in [0.5, 0.6) is 0 Å². The van der Waals surface area contributed by atoms with Crippen molar-refractivity contribution in [2.75, 3.05) is 6.54 Å². The number of rotatable bonds is 3. The maximum atomic E-state index is 5.44. The molecule has 0 aliphatic heterocycles. The Morgan fingerprint density at radius 1 is 1.86 bits per heavy atom. The van der Waals surface area contributed by atoms with Gasteiger partial charge in [0.05, 0.1) is 0 Å². The Morgan fingerprint density at radius 2 is 2.43 bits per heavy atom. The fraction of sp³-hybridized carbons (Fsp3) is 1.00. The van der Waals surface area contributed by atoms with Crippen LogP contribution in [-0.2, 0) is 0 Å². The van der Waals surface area contributed by atoms with Crippen LogP contribution in [0.25, 0.3) is 0 Å². The summed E-state index contributed by atoms with van der Waals surface area (Å²) in [7, 11) is 0. The van der Waals surface area contributed by atoms with Gasteiger partial charge in [-0.1, -0.05) is 0 Å². The van der Waals surface area contributed by atoms with E-state index in [0.29, 0.717) is 6.04 Å². The Morgan fingerprint density at radius 3 is 2.57 bits per heavy atom. The molecule has 0 heterocycles. The second kappa shape index (κ2) is 4.80. The summed E-state index contributed by atoms with van der Waals surface area (Å²) in [6.45, 7) is 3.02. The highest BCUT2D eigenvalue weighted by atomic mass is 127. The van der Waals surface area contributed by atoms with Crippen molar-refractivity contribution in [3.8, 4) is 0 Å². The molecule has 0 spiro atoms. The van der Waals surface area contributed by atoms with E-state index in [4.69, 9.17) is 5.73 Å². The maximum Gasteiger partial charge on any atom is 0.0169 e.